The standard InChI is InChI=1S/C14H16N4O2/c1-20-12-6-4-11(5-7-12)18-10-13(15-16-18)14(19)17-8-2-3-9-17/h4-7,10H,2-3,8-9H2,1H3. The summed E-state index contributed by atoms with van der Waals surface area (Å²) in [6, 6.07) is 7.44. The molecule has 0 N–H and O–H groups in total. The zero-order valence-corrected chi connectivity index (χ0v) is 11.3. The molecule has 20 heavy (non-hydrogen) atoms. The number of carbonyl (C=O) groups is 1. The molecule has 1 aromatic carbocycles. The molecule has 1 fully saturated rings. The van der Waals surface area contributed by atoms with E-state index in [1.165, 1.54) is 0 Å². The van der Waals surface area contributed by atoms with Gasteiger partial charge < -0.3 is 9.64 Å². The van der Waals surface area contributed by atoms with E-state index in [9.17, 15) is 4.79 Å². The Morgan fingerprint density at radius 3 is 2.55 bits per heavy atom. The molecule has 0 unspecified atom stereocenters. The van der Waals surface area contributed by atoms with Crippen molar-refractivity contribution in [3.63, 3.8) is 0 Å². The molecule has 104 valence electrons. The van der Waals surface area contributed by atoms with Crippen molar-refractivity contribution in [1.82, 2.24) is 19.9 Å². The molecule has 0 spiro atoms. The second kappa shape index (κ2) is 5.32. The Kier molecular flexibility index (Phi) is 3.37. The van der Waals surface area contributed by atoms with Crippen molar-refractivity contribution in [3.8, 4) is 11.4 Å². The third kappa shape index (κ3) is 2.36. The average Bonchev–Trinajstić information content (AvgIpc) is 3.18. The van der Waals surface area contributed by atoms with Crippen molar-refractivity contribution >= 4 is 5.91 Å². The van der Waals surface area contributed by atoms with Crippen molar-refractivity contribution in [2.75, 3.05) is 20.2 Å². The van der Waals surface area contributed by atoms with E-state index in [0.29, 0.717) is 5.69 Å². The molecule has 6 heteroatoms. The van der Waals surface area contributed by atoms with Gasteiger partial charge in [-0.15, -0.1) is 5.10 Å². The van der Waals surface area contributed by atoms with Crippen LogP contribution < -0.4 is 4.74 Å². The van der Waals surface area contributed by atoms with Crippen LogP contribution in [0.25, 0.3) is 5.69 Å². The second-order valence-corrected chi connectivity index (χ2v) is 4.75. The molecule has 2 heterocycles. The van der Waals surface area contributed by atoms with Gasteiger partial charge in [0.1, 0.15) is 5.75 Å². The maximum atomic E-state index is 12.2. The number of rotatable bonds is 3. The van der Waals surface area contributed by atoms with Gasteiger partial charge in [0.25, 0.3) is 5.91 Å². The fourth-order valence-corrected chi connectivity index (χ4v) is 2.31. The largest absolute Gasteiger partial charge is 0.497 e. The van der Waals surface area contributed by atoms with Gasteiger partial charge in [-0.1, -0.05) is 5.21 Å². The lowest BCUT2D eigenvalue weighted by atomic mass is 10.3. The minimum atomic E-state index is -0.0396. The Morgan fingerprint density at radius 2 is 1.90 bits per heavy atom. The molecule has 1 amide bonds. The minimum Gasteiger partial charge on any atom is -0.497 e. The highest BCUT2D eigenvalue weighted by Gasteiger charge is 2.22. The number of likely N-dealkylation sites (tertiary alicyclic amines) is 1. The smallest absolute Gasteiger partial charge is 0.276 e. The molecule has 0 saturated carbocycles. The van der Waals surface area contributed by atoms with Gasteiger partial charge >= 0.3 is 0 Å². The Balaban J connectivity index is 1.80. The van der Waals surface area contributed by atoms with Crippen LogP contribution in [0, 0.1) is 0 Å². The SMILES string of the molecule is COc1ccc(-n2cc(C(=O)N3CCCC3)nn2)cc1. The van der Waals surface area contributed by atoms with E-state index in [1.807, 2.05) is 29.2 Å². The molecule has 0 bridgehead atoms. The fourth-order valence-electron chi connectivity index (χ4n) is 2.31. The summed E-state index contributed by atoms with van der Waals surface area (Å²) in [5.74, 6) is 0.740. The summed E-state index contributed by atoms with van der Waals surface area (Å²) in [6.07, 6.45) is 3.80. The summed E-state index contributed by atoms with van der Waals surface area (Å²) in [6.45, 7) is 1.63. The lowest BCUT2D eigenvalue weighted by Crippen LogP contribution is -2.27. The number of nitrogens with zero attached hydrogens (tertiary/aromatic N) is 4. The van der Waals surface area contributed by atoms with E-state index in [4.69, 9.17) is 4.74 Å². The maximum absolute atomic E-state index is 12.2. The van der Waals surface area contributed by atoms with Crippen LogP contribution in [0.5, 0.6) is 5.75 Å². The van der Waals surface area contributed by atoms with Crippen LogP contribution in [-0.4, -0.2) is 46.0 Å². The van der Waals surface area contributed by atoms with Crippen LogP contribution in [-0.2, 0) is 0 Å². The monoisotopic (exact) mass is 272 g/mol. The maximum Gasteiger partial charge on any atom is 0.276 e. The van der Waals surface area contributed by atoms with Gasteiger partial charge in [-0.05, 0) is 37.1 Å². The van der Waals surface area contributed by atoms with Gasteiger partial charge in [0.05, 0.1) is 19.0 Å². The summed E-state index contributed by atoms with van der Waals surface area (Å²) in [4.78, 5) is 14.0. The lowest BCUT2D eigenvalue weighted by molar-refractivity contribution is 0.0787. The first kappa shape index (κ1) is 12.7. The fraction of sp³-hybridized carbons (Fsp3) is 0.357. The first-order valence-corrected chi connectivity index (χ1v) is 6.64. The highest BCUT2D eigenvalue weighted by atomic mass is 16.5. The number of amides is 1. The first-order valence-electron chi connectivity index (χ1n) is 6.64. The van der Waals surface area contributed by atoms with Gasteiger partial charge in [-0.25, -0.2) is 4.68 Å². The number of benzene rings is 1. The van der Waals surface area contributed by atoms with E-state index in [-0.39, 0.29) is 5.91 Å². The van der Waals surface area contributed by atoms with Crippen LogP contribution in [0.4, 0.5) is 0 Å². The van der Waals surface area contributed by atoms with Crippen molar-refractivity contribution in [1.29, 1.82) is 0 Å². The molecule has 0 radical (unpaired) electrons. The Labute approximate surface area is 117 Å². The van der Waals surface area contributed by atoms with E-state index >= 15 is 0 Å². The molecule has 1 aliphatic heterocycles. The third-order valence-electron chi connectivity index (χ3n) is 3.44. The average molecular weight is 272 g/mol. The number of hydrogen-bond donors (Lipinski definition) is 0. The van der Waals surface area contributed by atoms with Gasteiger partial charge in [0.2, 0.25) is 0 Å². The Bertz CT molecular complexity index is 600. The summed E-state index contributed by atoms with van der Waals surface area (Å²) in [7, 11) is 1.62. The predicted octanol–water partition coefficient (Wildman–Crippen LogP) is 1.51. The summed E-state index contributed by atoms with van der Waals surface area (Å²) >= 11 is 0. The number of aromatic nitrogens is 3. The van der Waals surface area contributed by atoms with E-state index in [2.05, 4.69) is 10.3 Å². The lowest BCUT2D eigenvalue weighted by Gasteiger charge is -2.12. The molecular weight excluding hydrogens is 256 g/mol. The Hall–Kier alpha value is -2.37. The first-order chi connectivity index (χ1) is 9.78. The Morgan fingerprint density at radius 1 is 1.20 bits per heavy atom. The predicted molar refractivity (Wildman–Crippen MR) is 73.0 cm³/mol. The highest BCUT2D eigenvalue weighted by Crippen LogP contribution is 2.15. The van der Waals surface area contributed by atoms with Crippen LogP contribution in [0.1, 0.15) is 23.3 Å². The normalized spacial score (nSPS) is 14.6. The quantitative estimate of drug-likeness (QED) is 0.849. The van der Waals surface area contributed by atoms with E-state index in [0.717, 1.165) is 37.4 Å². The summed E-state index contributed by atoms with van der Waals surface area (Å²) in [5.41, 5.74) is 1.24. The van der Waals surface area contributed by atoms with Gasteiger partial charge in [0, 0.05) is 13.1 Å². The molecule has 0 atom stereocenters. The van der Waals surface area contributed by atoms with Crippen LogP contribution >= 0.6 is 0 Å². The van der Waals surface area contributed by atoms with E-state index in [1.54, 1.807) is 18.0 Å². The molecule has 1 aliphatic rings. The van der Waals surface area contributed by atoms with Crippen LogP contribution in [0.15, 0.2) is 30.5 Å². The number of carbonyl (C=O) groups excluding carboxylic acids is 1. The summed E-state index contributed by atoms with van der Waals surface area (Å²) < 4.78 is 6.71. The second-order valence-electron chi connectivity index (χ2n) is 4.75. The molecule has 1 aromatic heterocycles. The summed E-state index contributed by atoms with van der Waals surface area (Å²) in [5, 5.41) is 7.98. The highest BCUT2D eigenvalue weighted by molar-refractivity contribution is 5.92. The molecule has 0 aliphatic carbocycles. The zero-order chi connectivity index (χ0) is 13.9. The number of ether oxygens (including phenoxy) is 1. The van der Waals surface area contributed by atoms with E-state index < -0.39 is 0 Å². The molecule has 6 nitrogen and oxygen atoms in total. The van der Waals surface area contributed by atoms with Crippen molar-refractivity contribution in [2.24, 2.45) is 0 Å². The van der Waals surface area contributed by atoms with Crippen molar-refractivity contribution in [2.45, 2.75) is 12.8 Å². The number of methoxy groups -OCH3 is 1. The third-order valence-corrected chi connectivity index (χ3v) is 3.44. The molecular formula is C14H16N4O2. The minimum absolute atomic E-state index is 0.0396. The van der Waals surface area contributed by atoms with Gasteiger partial charge in [-0.2, -0.15) is 0 Å². The topological polar surface area (TPSA) is 60.2 Å². The molecule has 2 aromatic rings. The molecule has 1 saturated heterocycles. The van der Waals surface area contributed by atoms with Gasteiger partial charge in [-0.3, -0.25) is 4.79 Å². The van der Waals surface area contributed by atoms with Crippen LogP contribution in [0.3, 0.4) is 0 Å². The van der Waals surface area contributed by atoms with Crippen molar-refractivity contribution in [3.05, 3.63) is 36.2 Å². The number of hydrogen-bond acceptors (Lipinski definition) is 4. The molecule has 3 rings (SSSR count). The van der Waals surface area contributed by atoms with Gasteiger partial charge in [0.15, 0.2) is 5.69 Å². The van der Waals surface area contributed by atoms with Crippen molar-refractivity contribution < 1.29 is 9.53 Å². The van der Waals surface area contributed by atoms with Crippen LogP contribution in [0.2, 0.25) is 0 Å². The zero-order valence-electron chi connectivity index (χ0n) is 11.3.